The SMILES string of the molecule is CC(C)CC1CN(c2ccccc2N(C)C)CCN1. The maximum atomic E-state index is 3.64. The van der Waals surface area contributed by atoms with Gasteiger partial charge in [0, 0.05) is 39.8 Å². The summed E-state index contributed by atoms with van der Waals surface area (Å²) in [5, 5.41) is 3.64. The van der Waals surface area contributed by atoms with E-state index in [2.05, 4.69) is 67.3 Å². The number of benzene rings is 1. The minimum Gasteiger partial charge on any atom is -0.376 e. The number of para-hydroxylation sites is 2. The number of hydrogen-bond acceptors (Lipinski definition) is 3. The monoisotopic (exact) mass is 261 g/mol. The number of nitrogens with one attached hydrogen (secondary N) is 1. The molecule has 0 spiro atoms. The van der Waals surface area contributed by atoms with Crippen LogP contribution in [0.25, 0.3) is 0 Å². The minimum atomic E-state index is 0.615. The fourth-order valence-electron chi connectivity index (χ4n) is 2.88. The molecule has 106 valence electrons. The average Bonchev–Trinajstić information content (AvgIpc) is 2.38. The molecule has 1 heterocycles. The predicted octanol–water partition coefficient (Wildman–Crippen LogP) is 2.58. The molecule has 1 aliphatic rings. The van der Waals surface area contributed by atoms with Crippen LogP contribution in [0.3, 0.4) is 0 Å². The highest BCUT2D eigenvalue weighted by atomic mass is 15.2. The smallest absolute Gasteiger partial charge is 0.0604 e. The third kappa shape index (κ3) is 3.63. The normalized spacial score (nSPS) is 19.8. The Labute approximate surface area is 117 Å². The van der Waals surface area contributed by atoms with E-state index in [-0.39, 0.29) is 0 Å². The van der Waals surface area contributed by atoms with Crippen molar-refractivity contribution in [2.75, 3.05) is 43.5 Å². The number of hydrogen-bond donors (Lipinski definition) is 1. The van der Waals surface area contributed by atoms with Gasteiger partial charge in [-0.25, -0.2) is 0 Å². The zero-order valence-electron chi connectivity index (χ0n) is 12.7. The average molecular weight is 261 g/mol. The molecule has 0 aliphatic carbocycles. The van der Waals surface area contributed by atoms with Gasteiger partial charge in [0.25, 0.3) is 0 Å². The molecule has 3 nitrogen and oxygen atoms in total. The standard InChI is InChI=1S/C16H27N3/c1-13(2)11-14-12-19(10-9-17-14)16-8-6-5-7-15(16)18(3)4/h5-8,13-14,17H,9-12H2,1-4H3. The molecule has 0 radical (unpaired) electrons. The summed E-state index contributed by atoms with van der Waals surface area (Å²) in [6.07, 6.45) is 1.25. The van der Waals surface area contributed by atoms with Crippen LogP contribution in [0.15, 0.2) is 24.3 Å². The first-order valence-corrected chi connectivity index (χ1v) is 7.32. The fourth-order valence-corrected chi connectivity index (χ4v) is 2.88. The van der Waals surface area contributed by atoms with E-state index >= 15 is 0 Å². The molecule has 1 saturated heterocycles. The first kappa shape index (κ1) is 14.2. The largest absolute Gasteiger partial charge is 0.376 e. The second-order valence-electron chi connectivity index (χ2n) is 6.11. The van der Waals surface area contributed by atoms with Gasteiger partial charge in [0.15, 0.2) is 0 Å². The molecule has 0 bridgehead atoms. The van der Waals surface area contributed by atoms with Crippen LogP contribution in [0.4, 0.5) is 11.4 Å². The summed E-state index contributed by atoms with van der Waals surface area (Å²) in [4.78, 5) is 4.73. The van der Waals surface area contributed by atoms with E-state index in [1.165, 1.54) is 17.8 Å². The highest BCUT2D eigenvalue weighted by molar-refractivity contribution is 5.71. The Morgan fingerprint density at radius 1 is 1.32 bits per heavy atom. The van der Waals surface area contributed by atoms with E-state index in [9.17, 15) is 0 Å². The van der Waals surface area contributed by atoms with E-state index in [1.807, 2.05) is 0 Å². The molecular weight excluding hydrogens is 234 g/mol. The first-order chi connectivity index (χ1) is 9.08. The lowest BCUT2D eigenvalue weighted by Crippen LogP contribution is -2.51. The Morgan fingerprint density at radius 2 is 2.05 bits per heavy atom. The van der Waals surface area contributed by atoms with Crippen LogP contribution in [-0.2, 0) is 0 Å². The molecule has 1 unspecified atom stereocenters. The maximum Gasteiger partial charge on any atom is 0.0604 e. The van der Waals surface area contributed by atoms with E-state index < -0.39 is 0 Å². The Kier molecular flexibility index (Phi) is 4.70. The van der Waals surface area contributed by atoms with Crippen molar-refractivity contribution in [2.45, 2.75) is 26.3 Å². The lowest BCUT2D eigenvalue weighted by molar-refractivity contribution is 0.388. The van der Waals surface area contributed by atoms with Gasteiger partial charge in [0.1, 0.15) is 0 Å². The fraction of sp³-hybridized carbons (Fsp3) is 0.625. The van der Waals surface area contributed by atoms with Gasteiger partial charge in [0.05, 0.1) is 11.4 Å². The van der Waals surface area contributed by atoms with Gasteiger partial charge in [0.2, 0.25) is 0 Å². The number of rotatable bonds is 4. The van der Waals surface area contributed by atoms with Crippen LogP contribution >= 0.6 is 0 Å². The van der Waals surface area contributed by atoms with Crippen molar-refractivity contribution in [2.24, 2.45) is 5.92 Å². The van der Waals surface area contributed by atoms with Crippen LogP contribution in [0.5, 0.6) is 0 Å². The van der Waals surface area contributed by atoms with Crippen LogP contribution in [0, 0.1) is 5.92 Å². The molecule has 0 saturated carbocycles. The van der Waals surface area contributed by atoms with E-state index in [4.69, 9.17) is 0 Å². The lowest BCUT2D eigenvalue weighted by Gasteiger charge is -2.37. The summed E-state index contributed by atoms with van der Waals surface area (Å²) in [6.45, 7) is 7.89. The molecule has 0 aromatic heterocycles. The summed E-state index contributed by atoms with van der Waals surface area (Å²) in [5.74, 6) is 0.751. The van der Waals surface area contributed by atoms with Crippen LogP contribution in [-0.4, -0.2) is 39.8 Å². The molecular formula is C16H27N3. The van der Waals surface area contributed by atoms with Crippen molar-refractivity contribution < 1.29 is 0 Å². The first-order valence-electron chi connectivity index (χ1n) is 7.32. The second-order valence-corrected chi connectivity index (χ2v) is 6.11. The Bertz CT molecular complexity index is 401. The zero-order chi connectivity index (χ0) is 13.8. The van der Waals surface area contributed by atoms with Gasteiger partial charge in [-0.15, -0.1) is 0 Å². The number of piperazine rings is 1. The third-order valence-corrected chi connectivity index (χ3v) is 3.72. The van der Waals surface area contributed by atoms with Crippen LogP contribution in [0.2, 0.25) is 0 Å². The quantitative estimate of drug-likeness (QED) is 0.898. The van der Waals surface area contributed by atoms with Crippen molar-refractivity contribution in [3.63, 3.8) is 0 Å². The topological polar surface area (TPSA) is 18.5 Å². The molecule has 3 heteroatoms. The number of nitrogens with zero attached hydrogens (tertiary/aromatic N) is 2. The van der Waals surface area contributed by atoms with Gasteiger partial charge >= 0.3 is 0 Å². The van der Waals surface area contributed by atoms with Crippen LogP contribution < -0.4 is 15.1 Å². The van der Waals surface area contributed by atoms with Gasteiger partial charge in [-0.1, -0.05) is 26.0 Å². The molecule has 2 rings (SSSR count). The molecule has 19 heavy (non-hydrogen) atoms. The Hall–Kier alpha value is -1.22. The van der Waals surface area contributed by atoms with Crippen molar-refractivity contribution in [1.29, 1.82) is 0 Å². The van der Waals surface area contributed by atoms with Crippen LogP contribution in [0.1, 0.15) is 20.3 Å². The van der Waals surface area contributed by atoms with E-state index in [0.717, 1.165) is 25.6 Å². The highest BCUT2D eigenvalue weighted by Crippen LogP contribution is 2.28. The Balaban J connectivity index is 2.13. The minimum absolute atomic E-state index is 0.615. The summed E-state index contributed by atoms with van der Waals surface area (Å²) >= 11 is 0. The summed E-state index contributed by atoms with van der Waals surface area (Å²) < 4.78 is 0. The molecule has 0 amide bonds. The summed E-state index contributed by atoms with van der Waals surface area (Å²) in [7, 11) is 4.24. The van der Waals surface area contributed by atoms with Gasteiger partial charge in [-0.2, -0.15) is 0 Å². The maximum absolute atomic E-state index is 3.64. The summed E-state index contributed by atoms with van der Waals surface area (Å²) in [5.41, 5.74) is 2.68. The predicted molar refractivity (Wildman–Crippen MR) is 84.2 cm³/mol. The summed E-state index contributed by atoms with van der Waals surface area (Å²) in [6, 6.07) is 9.32. The molecule has 1 fully saturated rings. The molecule has 1 N–H and O–H groups in total. The third-order valence-electron chi connectivity index (χ3n) is 3.72. The van der Waals surface area contributed by atoms with Gasteiger partial charge in [-0.05, 0) is 24.5 Å². The highest BCUT2D eigenvalue weighted by Gasteiger charge is 2.22. The molecule has 1 aliphatic heterocycles. The lowest BCUT2D eigenvalue weighted by atomic mass is 10.0. The zero-order valence-corrected chi connectivity index (χ0v) is 12.7. The Morgan fingerprint density at radius 3 is 2.74 bits per heavy atom. The van der Waals surface area contributed by atoms with Crippen molar-refractivity contribution in [3.05, 3.63) is 24.3 Å². The van der Waals surface area contributed by atoms with Crippen molar-refractivity contribution >= 4 is 11.4 Å². The second kappa shape index (κ2) is 6.29. The van der Waals surface area contributed by atoms with Gasteiger partial charge < -0.3 is 15.1 Å². The molecule has 1 aromatic carbocycles. The molecule has 1 aromatic rings. The van der Waals surface area contributed by atoms with Crippen molar-refractivity contribution in [1.82, 2.24) is 5.32 Å². The van der Waals surface area contributed by atoms with Gasteiger partial charge in [-0.3, -0.25) is 0 Å². The van der Waals surface area contributed by atoms with Crippen molar-refractivity contribution in [3.8, 4) is 0 Å². The number of anilines is 2. The van der Waals surface area contributed by atoms with E-state index in [1.54, 1.807) is 0 Å². The van der Waals surface area contributed by atoms with E-state index in [0.29, 0.717) is 6.04 Å². The molecule has 1 atom stereocenters.